The molecule has 3 atom stereocenters. The molecular formula is C59H102N2O14. The molecule has 0 radical (unpaired) electrons. The van der Waals surface area contributed by atoms with E-state index in [4.69, 9.17) is 33.2 Å². The van der Waals surface area contributed by atoms with Gasteiger partial charge in [-0.25, -0.2) is 4.79 Å². The summed E-state index contributed by atoms with van der Waals surface area (Å²) < 4.78 is 40.3. The van der Waals surface area contributed by atoms with Gasteiger partial charge in [0.05, 0.1) is 52.4 Å². The average molecular weight is 1060 g/mol. The number of piperidine rings is 1. The Morgan fingerprint density at radius 1 is 0.427 bits per heavy atom. The normalized spacial score (nSPS) is 16.8. The van der Waals surface area contributed by atoms with Gasteiger partial charge in [0.1, 0.15) is 18.3 Å². The van der Waals surface area contributed by atoms with Crippen molar-refractivity contribution in [3.8, 4) is 0 Å². The molecule has 1 saturated heterocycles. The van der Waals surface area contributed by atoms with Gasteiger partial charge in [0.2, 0.25) is 0 Å². The summed E-state index contributed by atoms with van der Waals surface area (Å²) in [5.41, 5.74) is 0. The van der Waals surface area contributed by atoms with Crippen molar-refractivity contribution in [1.29, 1.82) is 0 Å². The van der Waals surface area contributed by atoms with Gasteiger partial charge >= 0.3 is 41.9 Å². The first-order chi connectivity index (χ1) is 36.3. The summed E-state index contributed by atoms with van der Waals surface area (Å²) in [4.78, 5) is 95.9. The molecule has 75 heavy (non-hydrogen) atoms. The minimum atomic E-state index is -0.973. The Morgan fingerprint density at radius 3 is 1.07 bits per heavy atom. The van der Waals surface area contributed by atoms with Crippen LogP contribution in [0.5, 0.6) is 0 Å². The maximum atomic E-state index is 13.9. The molecule has 16 nitrogen and oxygen atoms in total. The maximum Gasteiger partial charge on any atom is 0.410 e. The number of likely N-dealkylation sites (tertiary alicyclic amines) is 1. The van der Waals surface area contributed by atoms with Crippen molar-refractivity contribution in [2.24, 2.45) is 11.8 Å². The lowest BCUT2D eigenvalue weighted by atomic mass is 10.1. The molecule has 432 valence electrons. The van der Waals surface area contributed by atoms with Crippen molar-refractivity contribution in [1.82, 2.24) is 9.80 Å². The Hall–Kier alpha value is -4.21. The van der Waals surface area contributed by atoms with Gasteiger partial charge < -0.3 is 43.0 Å². The van der Waals surface area contributed by atoms with Crippen LogP contribution in [0.4, 0.5) is 4.79 Å². The third-order valence-corrected chi connectivity index (χ3v) is 13.8. The molecule has 2 aliphatic heterocycles. The number of carbonyl (C=O) groups excluding carboxylic acids is 7. The van der Waals surface area contributed by atoms with Crippen molar-refractivity contribution in [3.05, 3.63) is 12.2 Å². The van der Waals surface area contributed by atoms with Gasteiger partial charge in [-0.05, 0) is 64.3 Å². The number of ether oxygens (including phenoxy) is 7. The Kier molecular flexibility index (Phi) is 39.1. The number of hydrogen-bond donors (Lipinski definition) is 0. The third-order valence-electron chi connectivity index (χ3n) is 13.8. The van der Waals surface area contributed by atoms with Gasteiger partial charge in [0, 0.05) is 44.1 Å². The highest BCUT2D eigenvalue weighted by Gasteiger charge is 2.32. The second kappa shape index (κ2) is 43.8. The summed E-state index contributed by atoms with van der Waals surface area (Å²) in [6.45, 7) is 9.28. The Bertz CT molecular complexity index is 1450. The quantitative estimate of drug-likeness (QED) is 0.0242. The van der Waals surface area contributed by atoms with Gasteiger partial charge in [-0.2, -0.15) is 0 Å². The largest absolute Gasteiger partial charge is 0.465 e. The highest BCUT2D eigenvalue weighted by molar-refractivity contribution is 5.73. The summed E-state index contributed by atoms with van der Waals surface area (Å²) in [5.74, 6) is -4.20. The number of amides is 1. The minimum absolute atomic E-state index is 0.103. The fraction of sp³-hybridized carbons (Fsp3) is 0.847. The van der Waals surface area contributed by atoms with Crippen LogP contribution in [0, 0.1) is 11.8 Å². The van der Waals surface area contributed by atoms with E-state index in [1.165, 1.54) is 4.90 Å². The number of likely N-dealkylation sites (N-methyl/N-ethyl adjacent to an activating group) is 1. The lowest BCUT2D eigenvalue weighted by molar-refractivity contribution is -0.157. The Balaban J connectivity index is 2.20. The van der Waals surface area contributed by atoms with Crippen LogP contribution in [0.15, 0.2) is 12.2 Å². The zero-order chi connectivity index (χ0) is 54.7. The summed E-state index contributed by atoms with van der Waals surface area (Å²) in [6.07, 6.45) is 26.6. The maximum absolute atomic E-state index is 13.9. The molecule has 0 aliphatic carbocycles. The van der Waals surface area contributed by atoms with Gasteiger partial charge in [0.25, 0.3) is 0 Å². The molecule has 2 rings (SSSR count). The van der Waals surface area contributed by atoms with E-state index < -0.39 is 42.1 Å². The van der Waals surface area contributed by atoms with Crippen LogP contribution in [-0.2, 0) is 61.9 Å². The zero-order valence-electron chi connectivity index (χ0n) is 47.4. The van der Waals surface area contributed by atoms with Gasteiger partial charge in [-0.3, -0.25) is 28.8 Å². The van der Waals surface area contributed by atoms with Gasteiger partial charge in [0.15, 0.2) is 0 Å². The summed E-state index contributed by atoms with van der Waals surface area (Å²) in [5, 5.41) is 0. The lowest BCUT2D eigenvalue weighted by Crippen LogP contribution is -2.45. The van der Waals surface area contributed by atoms with E-state index in [1.54, 1.807) is 12.2 Å². The predicted octanol–water partition coefficient (Wildman–Crippen LogP) is 12.1. The van der Waals surface area contributed by atoms with Crippen LogP contribution in [0.1, 0.15) is 233 Å². The monoisotopic (exact) mass is 1060 g/mol. The predicted molar refractivity (Wildman–Crippen MR) is 289 cm³/mol. The van der Waals surface area contributed by atoms with Crippen molar-refractivity contribution < 1.29 is 66.7 Å². The summed E-state index contributed by atoms with van der Waals surface area (Å²) in [7, 11) is 1.96. The lowest BCUT2D eigenvalue weighted by Gasteiger charge is -2.32. The average Bonchev–Trinajstić information content (AvgIpc) is 3.58. The third kappa shape index (κ3) is 35.7. The molecule has 1 unspecified atom stereocenters. The fourth-order valence-electron chi connectivity index (χ4n) is 9.18. The van der Waals surface area contributed by atoms with Crippen molar-refractivity contribution in [2.45, 2.75) is 251 Å². The second-order valence-electron chi connectivity index (χ2n) is 21.2. The molecule has 1 fully saturated rings. The minimum Gasteiger partial charge on any atom is -0.465 e. The topological polar surface area (TPSA) is 191 Å². The van der Waals surface area contributed by atoms with E-state index in [2.05, 4.69) is 32.6 Å². The zero-order valence-corrected chi connectivity index (χ0v) is 47.4. The molecule has 16 heteroatoms. The number of rotatable bonds is 43. The molecule has 0 aromatic heterocycles. The van der Waals surface area contributed by atoms with Crippen LogP contribution in [0.25, 0.3) is 0 Å². The molecule has 0 aromatic rings. The molecule has 0 N–H and O–H groups in total. The van der Waals surface area contributed by atoms with Crippen LogP contribution in [0.3, 0.4) is 0 Å². The molecule has 0 aromatic carbocycles. The fourth-order valence-corrected chi connectivity index (χ4v) is 9.18. The molecular weight excluding hydrogens is 961 g/mol. The number of hydrogen-bond acceptors (Lipinski definition) is 15. The van der Waals surface area contributed by atoms with E-state index >= 15 is 0 Å². The van der Waals surface area contributed by atoms with Crippen LogP contribution in [0.2, 0.25) is 0 Å². The Morgan fingerprint density at radius 2 is 0.747 bits per heavy atom. The first-order valence-electron chi connectivity index (χ1n) is 29.7. The van der Waals surface area contributed by atoms with Crippen LogP contribution >= 0.6 is 0 Å². The summed E-state index contributed by atoms with van der Waals surface area (Å²) >= 11 is 0. The van der Waals surface area contributed by atoms with E-state index in [9.17, 15) is 33.6 Å². The van der Waals surface area contributed by atoms with Crippen molar-refractivity contribution in [3.63, 3.8) is 0 Å². The number of unbranched alkanes of at least 4 members (excludes halogenated alkanes) is 20. The van der Waals surface area contributed by atoms with E-state index in [0.717, 1.165) is 141 Å². The second-order valence-corrected chi connectivity index (χ2v) is 21.2. The van der Waals surface area contributed by atoms with Gasteiger partial charge in [-0.15, -0.1) is 0 Å². The molecule has 1 amide bonds. The van der Waals surface area contributed by atoms with Crippen molar-refractivity contribution >= 4 is 41.9 Å². The van der Waals surface area contributed by atoms with E-state index in [1.807, 2.05) is 7.05 Å². The SMILES string of the molecule is CCCCCCCCC(=O)OCC(COC(=O)CCCCCCCC)CC(=O)O[C@@H]1C=C[C@H](OC(=O)CC(COC(=O)CCCCCCCC)COC(=O)CCCCCCCC)CN(C(=O)OC2CCCN(C)C2)C1. The summed E-state index contributed by atoms with van der Waals surface area (Å²) in [6, 6.07) is 0. The highest BCUT2D eigenvalue weighted by atomic mass is 16.6. The van der Waals surface area contributed by atoms with E-state index in [-0.39, 0.29) is 108 Å². The highest BCUT2D eigenvalue weighted by Crippen LogP contribution is 2.20. The number of carbonyl (C=O) groups is 7. The molecule has 0 bridgehead atoms. The molecule has 2 heterocycles. The van der Waals surface area contributed by atoms with E-state index in [0.29, 0.717) is 38.6 Å². The van der Waals surface area contributed by atoms with Crippen LogP contribution in [-0.4, -0.2) is 130 Å². The molecule has 0 saturated carbocycles. The first-order valence-corrected chi connectivity index (χ1v) is 29.7. The van der Waals surface area contributed by atoms with Crippen LogP contribution < -0.4 is 0 Å². The van der Waals surface area contributed by atoms with Crippen molar-refractivity contribution in [2.75, 3.05) is 59.7 Å². The molecule has 0 spiro atoms. The number of nitrogens with zero attached hydrogens (tertiary/aromatic N) is 2. The van der Waals surface area contributed by atoms with Gasteiger partial charge in [-0.1, -0.05) is 156 Å². The standard InChI is InChI=1S/C59H102N2O14/c1-6-10-14-18-22-26-32-53(62)69-44-48(45-70-54(63)33-27-23-19-15-11-7-2)39-57(66)73-51-36-37-52(43-61(42-51)59(68)75-50-31-30-38-60(5)41-50)74-58(67)40-49(46-71-55(64)34-28-24-20-16-12-8-3)47-72-56(65)35-29-25-21-17-13-9-4/h36-37,48-52H,6-35,38-47H2,1-5H3/t50?,51-,52+. The number of esters is 6. The smallest absolute Gasteiger partial charge is 0.410 e. The molecule has 2 aliphatic rings. The first kappa shape index (κ1) is 66.9. The Labute approximate surface area is 452 Å².